The monoisotopic (exact) mass is 211 g/mol. The average Bonchev–Trinajstić information content (AvgIpc) is 2.65. The van der Waals surface area contributed by atoms with Gasteiger partial charge in [-0.3, -0.25) is 10.3 Å². The van der Waals surface area contributed by atoms with E-state index in [0.717, 1.165) is 13.1 Å². The van der Waals surface area contributed by atoms with Crippen LogP contribution in [-0.2, 0) is 6.54 Å². The van der Waals surface area contributed by atoms with Gasteiger partial charge in [-0.2, -0.15) is 0 Å². The lowest BCUT2D eigenvalue weighted by Gasteiger charge is -2.26. The number of nitrogens with zero attached hydrogens (tertiary/aromatic N) is 1. The zero-order valence-electron chi connectivity index (χ0n) is 8.66. The third-order valence-corrected chi connectivity index (χ3v) is 3.20. The van der Waals surface area contributed by atoms with Crippen molar-refractivity contribution in [3.8, 4) is 0 Å². The van der Waals surface area contributed by atoms with Crippen LogP contribution < -0.4 is 5.73 Å². The van der Waals surface area contributed by atoms with Crippen LogP contribution in [0.25, 0.3) is 0 Å². The predicted octanol–water partition coefficient (Wildman–Crippen LogP) is 1.89. The fourth-order valence-electron chi connectivity index (χ4n) is 1.32. The molecule has 0 spiro atoms. The van der Waals surface area contributed by atoms with Gasteiger partial charge in [0.05, 0.1) is 6.04 Å². The Morgan fingerprint density at radius 3 is 2.86 bits per heavy atom. The summed E-state index contributed by atoms with van der Waals surface area (Å²) in [6.45, 7) is 5.86. The molecule has 1 aromatic rings. The van der Waals surface area contributed by atoms with Gasteiger partial charge in [0, 0.05) is 11.4 Å². The molecular weight excluding hydrogens is 194 g/mol. The standard InChI is InChI=1S/C10H17N3S/c1-3-13(8(2)10(11)12)7-9-5-4-6-14-9/h4-6,8H,3,7H2,1-2H3,(H3,11,12). The molecule has 0 fully saturated rings. The van der Waals surface area contributed by atoms with Crippen molar-refractivity contribution in [2.24, 2.45) is 5.73 Å². The molecule has 0 saturated carbocycles. The molecule has 3 N–H and O–H groups in total. The summed E-state index contributed by atoms with van der Waals surface area (Å²) in [5.74, 6) is 0.239. The minimum absolute atomic E-state index is 0.0297. The topological polar surface area (TPSA) is 53.1 Å². The van der Waals surface area contributed by atoms with Crippen molar-refractivity contribution in [3.63, 3.8) is 0 Å². The van der Waals surface area contributed by atoms with Gasteiger partial charge in [0.25, 0.3) is 0 Å². The third kappa shape index (κ3) is 2.82. The van der Waals surface area contributed by atoms with E-state index in [1.807, 2.05) is 13.0 Å². The summed E-state index contributed by atoms with van der Waals surface area (Å²) in [7, 11) is 0. The molecular formula is C10H17N3S. The molecule has 1 unspecified atom stereocenters. The second-order valence-electron chi connectivity index (χ2n) is 3.27. The lowest BCUT2D eigenvalue weighted by molar-refractivity contribution is 0.258. The largest absolute Gasteiger partial charge is 0.386 e. The Morgan fingerprint density at radius 1 is 1.71 bits per heavy atom. The summed E-state index contributed by atoms with van der Waals surface area (Å²) >= 11 is 1.74. The smallest absolute Gasteiger partial charge is 0.108 e. The van der Waals surface area contributed by atoms with Gasteiger partial charge in [0.2, 0.25) is 0 Å². The van der Waals surface area contributed by atoms with Crippen molar-refractivity contribution < 1.29 is 0 Å². The van der Waals surface area contributed by atoms with Gasteiger partial charge >= 0.3 is 0 Å². The van der Waals surface area contributed by atoms with Crippen LogP contribution in [0.2, 0.25) is 0 Å². The molecule has 1 aromatic heterocycles. The van der Waals surface area contributed by atoms with Gasteiger partial charge in [0.15, 0.2) is 0 Å². The SMILES string of the molecule is CCN(Cc1cccs1)C(C)C(=N)N. The zero-order valence-corrected chi connectivity index (χ0v) is 9.47. The maximum atomic E-state index is 7.40. The number of thiophene rings is 1. The first-order valence-electron chi connectivity index (χ1n) is 4.75. The Balaban J connectivity index is 2.59. The summed E-state index contributed by atoms with van der Waals surface area (Å²) in [4.78, 5) is 3.51. The summed E-state index contributed by atoms with van der Waals surface area (Å²) in [5.41, 5.74) is 5.49. The van der Waals surface area contributed by atoms with Crippen molar-refractivity contribution in [2.75, 3.05) is 6.54 Å². The molecule has 14 heavy (non-hydrogen) atoms. The summed E-state index contributed by atoms with van der Waals surface area (Å²) in [6, 6.07) is 4.19. The van der Waals surface area contributed by atoms with E-state index in [1.54, 1.807) is 11.3 Å². The Labute approximate surface area is 89.0 Å². The molecule has 0 amide bonds. The van der Waals surface area contributed by atoms with Crippen molar-refractivity contribution in [1.82, 2.24) is 4.90 Å². The molecule has 3 nitrogen and oxygen atoms in total. The first kappa shape index (κ1) is 11.2. The van der Waals surface area contributed by atoms with Crippen molar-refractivity contribution in [3.05, 3.63) is 22.4 Å². The van der Waals surface area contributed by atoms with E-state index in [0.29, 0.717) is 0 Å². The molecule has 78 valence electrons. The molecule has 4 heteroatoms. The minimum atomic E-state index is 0.0297. The number of likely N-dealkylation sites (N-methyl/N-ethyl adjacent to an activating group) is 1. The summed E-state index contributed by atoms with van der Waals surface area (Å²) < 4.78 is 0. The molecule has 0 bridgehead atoms. The quantitative estimate of drug-likeness (QED) is 0.577. The molecule has 1 heterocycles. The Bertz CT molecular complexity index is 282. The Kier molecular flexibility index (Phi) is 4.10. The van der Waals surface area contributed by atoms with Gasteiger partial charge in [-0.15, -0.1) is 11.3 Å². The van der Waals surface area contributed by atoms with Gasteiger partial charge in [-0.05, 0) is 24.9 Å². The van der Waals surface area contributed by atoms with Crippen LogP contribution in [0.3, 0.4) is 0 Å². The molecule has 0 saturated heterocycles. The van der Waals surface area contributed by atoms with Crippen LogP contribution in [0, 0.1) is 5.41 Å². The second-order valence-corrected chi connectivity index (χ2v) is 4.31. The molecule has 0 aliphatic heterocycles. The van der Waals surface area contributed by atoms with E-state index in [9.17, 15) is 0 Å². The van der Waals surface area contributed by atoms with Gasteiger partial charge in [-0.1, -0.05) is 13.0 Å². The third-order valence-electron chi connectivity index (χ3n) is 2.34. The number of nitrogens with one attached hydrogen (secondary N) is 1. The first-order valence-corrected chi connectivity index (χ1v) is 5.63. The van der Waals surface area contributed by atoms with Crippen LogP contribution in [-0.4, -0.2) is 23.3 Å². The fraction of sp³-hybridized carbons (Fsp3) is 0.500. The number of hydrogen-bond donors (Lipinski definition) is 2. The van der Waals surface area contributed by atoms with E-state index in [1.165, 1.54) is 4.88 Å². The molecule has 0 aliphatic rings. The Hall–Kier alpha value is -0.870. The zero-order chi connectivity index (χ0) is 10.6. The minimum Gasteiger partial charge on any atom is -0.386 e. The van der Waals surface area contributed by atoms with E-state index in [-0.39, 0.29) is 11.9 Å². The van der Waals surface area contributed by atoms with E-state index >= 15 is 0 Å². The highest BCUT2D eigenvalue weighted by atomic mass is 32.1. The number of rotatable bonds is 5. The van der Waals surface area contributed by atoms with Crippen molar-refractivity contribution in [2.45, 2.75) is 26.4 Å². The van der Waals surface area contributed by atoms with Crippen LogP contribution in [0.5, 0.6) is 0 Å². The highest BCUT2D eigenvalue weighted by Crippen LogP contribution is 2.13. The van der Waals surface area contributed by atoms with Gasteiger partial charge < -0.3 is 5.73 Å². The number of amidine groups is 1. The maximum Gasteiger partial charge on any atom is 0.108 e. The van der Waals surface area contributed by atoms with Crippen LogP contribution in [0.4, 0.5) is 0 Å². The highest BCUT2D eigenvalue weighted by molar-refractivity contribution is 7.09. The normalized spacial score (nSPS) is 13.1. The Morgan fingerprint density at radius 2 is 2.43 bits per heavy atom. The first-order chi connectivity index (χ1) is 6.65. The number of nitrogens with two attached hydrogens (primary N) is 1. The fourth-order valence-corrected chi connectivity index (χ4v) is 2.05. The van der Waals surface area contributed by atoms with Crippen LogP contribution >= 0.6 is 11.3 Å². The van der Waals surface area contributed by atoms with Gasteiger partial charge in [0.1, 0.15) is 5.84 Å². The van der Waals surface area contributed by atoms with Crippen LogP contribution in [0.1, 0.15) is 18.7 Å². The molecule has 0 aromatic carbocycles. The molecule has 0 aliphatic carbocycles. The van der Waals surface area contributed by atoms with Crippen LogP contribution in [0.15, 0.2) is 17.5 Å². The second kappa shape index (κ2) is 5.12. The number of hydrogen-bond acceptors (Lipinski definition) is 3. The van der Waals surface area contributed by atoms with E-state index in [4.69, 9.17) is 11.1 Å². The molecule has 1 atom stereocenters. The summed E-state index contributed by atoms with van der Waals surface area (Å²) in [5, 5.41) is 9.47. The average molecular weight is 211 g/mol. The summed E-state index contributed by atoms with van der Waals surface area (Å²) in [6.07, 6.45) is 0. The maximum absolute atomic E-state index is 7.40. The van der Waals surface area contributed by atoms with E-state index < -0.39 is 0 Å². The lowest BCUT2D eigenvalue weighted by atomic mass is 10.2. The lowest BCUT2D eigenvalue weighted by Crippen LogP contribution is -2.41. The molecule has 0 radical (unpaired) electrons. The highest BCUT2D eigenvalue weighted by Gasteiger charge is 2.14. The molecule has 1 rings (SSSR count). The van der Waals surface area contributed by atoms with Crippen molar-refractivity contribution in [1.29, 1.82) is 5.41 Å². The van der Waals surface area contributed by atoms with Crippen molar-refractivity contribution >= 4 is 17.2 Å². The van der Waals surface area contributed by atoms with E-state index in [2.05, 4.69) is 23.3 Å². The predicted molar refractivity (Wildman–Crippen MR) is 61.8 cm³/mol. The van der Waals surface area contributed by atoms with Gasteiger partial charge in [-0.25, -0.2) is 0 Å².